The third-order valence-corrected chi connectivity index (χ3v) is 5.56. The number of aliphatic hydroxyl groups is 2. The first-order chi connectivity index (χ1) is 17.5. The Morgan fingerprint density at radius 3 is 1.68 bits per heavy atom. The molecule has 0 aliphatic carbocycles. The summed E-state index contributed by atoms with van der Waals surface area (Å²) < 4.78 is 2.09. The Balaban J connectivity index is 0.000000422. The molecule has 0 aliphatic heterocycles. The molecule has 0 saturated carbocycles. The molecule has 0 saturated heterocycles. The van der Waals surface area contributed by atoms with Crippen LogP contribution in [-0.2, 0) is 20.1 Å². The fourth-order valence-electron chi connectivity index (χ4n) is 3.94. The molecule has 0 spiro atoms. The van der Waals surface area contributed by atoms with Crippen LogP contribution in [-0.4, -0.2) is 37.2 Å². The van der Waals surface area contributed by atoms with Crippen LogP contribution in [0.1, 0.15) is 20.3 Å². The second-order valence-corrected chi connectivity index (χ2v) is 8.67. The molecule has 0 amide bonds. The molecule has 2 unspecified atom stereocenters. The predicted octanol–water partition coefficient (Wildman–Crippen LogP) is 6.20. The second kappa shape index (κ2) is 13.8. The minimum absolute atomic E-state index is 0. The van der Waals surface area contributed by atoms with Gasteiger partial charge in [-0.25, -0.2) is 0 Å². The first-order valence-electron chi connectivity index (χ1n) is 12.0. The number of nitrogens with zero attached hydrogens (tertiary/aromatic N) is 3. The molecule has 2 atom stereocenters. The van der Waals surface area contributed by atoms with Crippen LogP contribution in [0.3, 0.4) is 0 Å². The summed E-state index contributed by atoms with van der Waals surface area (Å²) in [6, 6.07) is 40.2. The van der Waals surface area contributed by atoms with E-state index in [9.17, 15) is 0 Å². The van der Waals surface area contributed by atoms with Gasteiger partial charge < -0.3 is 14.8 Å². The van der Waals surface area contributed by atoms with E-state index in [2.05, 4.69) is 81.5 Å². The van der Waals surface area contributed by atoms with E-state index in [1.165, 1.54) is 11.1 Å². The van der Waals surface area contributed by atoms with Gasteiger partial charge in [0.2, 0.25) is 0 Å². The minimum atomic E-state index is -0.375. The summed E-state index contributed by atoms with van der Waals surface area (Å²) in [6.45, 7) is 3.32. The zero-order valence-corrected chi connectivity index (χ0v) is 23.2. The summed E-state index contributed by atoms with van der Waals surface area (Å²) in [5.41, 5.74) is 5.32. The fourth-order valence-corrected chi connectivity index (χ4v) is 3.94. The van der Waals surface area contributed by atoms with E-state index in [0.29, 0.717) is 6.42 Å². The van der Waals surface area contributed by atoms with Gasteiger partial charge in [0.15, 0.2) is 5.82 Å². The van der Waals surface area contributed by atoms with Crippen LogP contribution in [0.2, 0.25) is 0 Å². The molecule has 2 N–H and O–H groups in total. The van der Waals surface area contributed by atoms with Crippen molar-refractivity contribution in [1.29, 1.82) is 0 Å². The quantitative estimate of drug-likeness (QED) is 0.212. The van der Waals surface area contributed by atoms with Crippen LogP contribution >= 0.6 is 0 Å². The first kappa shape index (κ1) is 28.2. The standard InChI is InChI=1S/C26H18N3.C5H12O2.Ir/c1-4-10-20(11-5-1)21-16-18-24(19-17-21)29-25(22-12-6-2-7-13-22)27-28-26(29)23-14-8-3-9-15-23;1-4(6)3-5(2)7;/h1-14,16-19H;4-7H,3H2,1-2H3;/q-1;;. The average Bonchev–Trinajstić information content (AvgIpc) is 3.35. The van der Waals surface area contributed by atoms with Crippen LogP contribution in [0.4, 0.5) is 0 Å². The maximum atomic E-state index is 8.56. The van der Waals surface area contributed by atoms with E-state index in [4.69, 9.17) is 10.2 Å². The van der Waals surface area contributed by atoms with Gasteiger partial charge in [-0.1, -0.05) is 72.8 Å². The molecule has 6 heteroatoms. The number of benzene rings is 4. The summed E-state index contributed by atoms with van der Waals surface area (Å²) in [6.07, 6.45) is -0.278. The van der Waals surface area contributed by atoms with Crippen molar-refractivity contribution in [3.8, 4) is 39.6 Å². The van der Waals surface area contributed by atoms with Crippen molar-refractivity contribution in [2.24, 2.45) is 0 Å². The SMILES string of the molecule is CC(O)CC(C)O.[Ir].[c-]1ccccc1-c1nnc(-c2ccccc2)n1-c1ccc(-c2ccccc2)cc1. The summed E-state index contributed by atoms with van der Waals surface area (Å²) in [7, 11) is 0. The summed E-state index contributed by atoms with van der Waals surface area (Å²) in [5.74, 6) is 1.59. The molecule has 5 aromatic rings. The predicted molar refractivity (Wildman–Crippen MR) is 144 cm³/mol. The van der Waals surface area contributed by atoms with Crippen LogP contribution in [0.15, 0.2) is 109 Å². The van der Waals surface area contributed by atoms with Gasteiger partial charge in [-0.2, -0.15) is 5.10 Å². The molecule has 5 rings (SSSR count). The Kier molecular flexibility index (Phi) is 10.5. The monoisotopic (exact) mass is 669 g/mol. The summed E-state index contributed by atoms with van der Waals surface area (Å²) >= 11 is 0. The van der Waals surface area contributed by atoms with Gasteiger partial charge in [0.1, 0.15) is 0 Å². The molecule has 5 nitrogen and oxygen atoms in total. The molecule has 0 bridgehead atoms. The van der Waals surface area contributed by atoms with Crippen molar-refractivity contribution >= 4 is 0 Å². The Morgan fingerprint density at radius 1 is 0.649 bits per heavy atom. The largest absolute Gasteiger partial charge is 0.393 e. The van der Waals surface area contributed by atoms with Gasteiger partial charge in [-0.05, 0) is 43.5 Å². The maximum absolute atomic E-state index is 8.56. The van der Waals surface area contributed by atoms with E-state index < -0.39 is 0 Å². The molecular weight excluding hydrogens is 639 g/mol. The van der Waals surface area contributed by atoms with Gasteiger partial charge in [-0.15, -0.1) is 41.0 Å². The molecule has 0 aliphatic rings. The third kappa shape index (κ3) is 7.54. The molecule has 191 valence electrons. The molecule has 37 heavy (non-hydrogen) atoms. The Morgan fingerprint density at radius 2 is 1.16 bits per heavy atom. The van der Waals surface area contributed by atoms with Crippen LogP contribution in [0, 0.1) is 6.07 Å². The van der Waals surface area contributed by atoms with Gasteiger partial charge in [0.25, 0.3) is 0 Å². The molecule has 1 heterocycles. The Labute approximate surface area is 231 Å². The van der Waals surface area contributed by atoms with Crippen molar-refractivity contribution in [3.63, 3.8) is 0 Å². The van der Waals surface area contributed by atoms with E-state index in [1.807, 2.05) is 48.5 Å². The van der Waals surface area contributed by atoms with Crippen molar-refractivity contribution in [2.75, 3.05) is 0 Å². The van der Waals surface area contributed by atoms with Crippen LogP contribution in [0.25, 0.3) is 39.6 Å². The van der Waals surface area contributed by atoms with Gasteiger partial charge in [0, 0.05) is 31.4 Å². The zero-order chi connectivity index (χ0) is 25.3. The van der Waals surface area contributed by atoms with E-state index in [0.717, 1.165) is 28.5 Å². The van der Waals surface area contributed by atoms with Gasteiger partial charge >= 0.3 is 0 Å². The van der Waals surface area contributed by atoms with E-state index in [1.54, 1.807) is 13.8 Å². The summed E-state index contributed by atoms with van der Waals surface area (Å²) in [4.78, 5) is 0. The van der Waals surface area contributed by atoms with Crippen molar-refractivity contribution in [1.82, 2.24) is 14.8 Å². The number of aromatic nitrogens is 3. The van der Waals surface area contributed by atoms with Gasteiger partial charge in [-0.3, -0.25) is 0 Å². The fraction of sp³-hybridized carbons (Fsp3) is 0.161. The smallest absolute Gasteiger partial charge is 0.159 e. The Bertz CT molecular complexity index is 1280. The van der Waals surface area contributed by atoms with Crippen molar-refractivity contribution in [3.05, 3.63) is 115 Å². The number of hydrogen-bond donors (Lipinski definition) is 2. The number of rotatable bonds is 6. The van der Waals surface area contributed by atoms with E-state index in [-0.39, 0.29) is 32.3 Å². The molecule has 0 fully saturated rings. The number of aliphatic hydroxyl groups excluding tert-OH is 2. The maximum Gasteiger partial charge on any atom is 0.159 e. The molecule has 1 aromatic heterocycles. The third-order valence-electron chi connectivity index (χ3n) is 5.56. The van der Waals surface area contributed by atoms with Crippen LogP contribution < -0.4 is 0 Å². The zero-order valence-electron chi connectivity index (χ0n) is 20.8. The van der Waals surface area contributed by atoms with E-state index >= 15 is 0 Å². The second-order valence-electron chi connectivity index (χ2n) is 8.67. The normalized spacial score (nSPS) is 12.0. The average molecular weight is 669 g/mol. The topological polar surface area (TPSA) is 71.2 Å². The van der Waals surface area contributed by atoms with Crippen molar-refractivity contribution < 1.29 is 30.3 Å². The molecule has 4 aromatic carbocycles. The summed E-state index contributed by atoms with van der Waals surface area (Å²) in [5, 5.41) is 26.1. The first-order valence-corrected chi connectivity index (χ1v) is 12.0. The Hall–Kier alpha value is -3.41. The molecule has 1 radical (unpaired) electrons. The van der Waals surface area contributed by atoms with Crippen molar-refractivity contribution in [2.45, 2.75) is 32.5 Å². The minimum Gasteiger partial charge on any atom is -0.393 e. The van der Waals surface area contributed by atoms with Gasteiger partial charge in [0.05, 0.1) is 18.0 Å². The number of hydrogen-bond acceptors (Lipinski definition) is 4. The molecular formula is C31H30IrN3O2-. The van der Waals surface area contributed by atoms with Crippen LogP contribution in [0.5, 0.6) is 0 Å².